The topological polar surface area (TPSA) is 295 Å². The van der Waals surface area contributed by atoms with E-state index in [9.17, 15) is 44.5 Å². The second-order valence-electron chi connectivity index (χ2n) is 16.5. The highest BCUT2D eigenvalue weighted by molar-refractivity contribution is 6.00. The van der Waals surface area contributed by atoms with Crippen LogP contribution in [-0.4, -0.2) is 176 Å². The third-order valence-corrected chi connectivity index (χ3v) is 12.3. The molecule has 12 atom stereocenters. The molecule has 346 valence electrons. The molecule has 0 bridgehead atoms. The number of benzene rings is 1. The van der Waals surface area contributed by atoms with Gasteiger partial charge in [-0.1, -0.05) is 31.2 Å². The number of fused-ring (bicyclic) bond motifs is 1. The van der Waals surface area contributed by atoms with Crippen LogP contribution in [0.15, 0.2) is 48.0 Å². The molecule has 0 radical (unpaired) electrons. The summed E-state index contributed by atoms with van der Waals surface area (Å²) in [6.45, 7) is 5.64. The summed E-state index contributed by atoms with van der Waals surface area (Å²) >= 11 is 0. The average Bonchev–Trinajstić information content (AvgIpc) is 3.73. The number of nitroso groups, excluding NO2 is 1. The van der Waals surface area contributed by atoms with Crippen LogP contribution in [0.5, 0.6) is 0 Å². The molecule has 0 saturated carbocycles. The molecule has 3 aliphatic rings. The van der Waals surface area contributed by atoms with Gasteiger partial charge < -0.3 is 60.0 Å². The number of likely N-dealkylation sites (N-methyl/N-ethyl adjacent to an activating group) is 2. The molecular formula is C42H56N10O12. The lowest BCUT2D eigenvalue weighted by Gasteiger charge is -2.47. The number of anilines is 2. The fraction of sp³-hybridized carbons (Fsp3) is 0.595. The maximum atomic E-state index is 13.8. The smallest absolute Gasteiger partial charge is 0.331 e. The van der Waals surface area contributed by atoms with Crippen molar-refractivity contribution in [1.82, 2.24) is 29.7 Å². The highest BCUT2D eigenvalue weighted by Gasteiger charge is 2.53. The van der Waals surface area contributed by atoms with Crippen LogP contribution in [-0.2, 0) is 35.0 Å². The van der Waals surface area contributed by atoms with Gasteiger partial charge in [0, 0.05) is 52.5 Å². The summed E-state index contributed by atoms with van der Waals surface area (Å²) in [4.78, 5) is 77.7. The summed E-state index contributed by atoms with van der Waals surface area (Å²) in [5.74, 6) is -0.615. The molecule has 10 unspecified atom stereocenters. The van der Waals surface area contributed by atoms with Gasteiger partial charge >= 0.3 is 6.03 Å². The zero-order valence-electron chi connectivity index (χ0n) is 36.3. The number of aliphatic hydroxyl groups excluding tert-OH is 4. The Morgan fingerprint density at radius 2 is 1.78 bits per heavy atom. The number of hydrogen-bond donors (Lipinski definition) is 6. The van der Waals surface area contributed by atoms with Gasteiger partial charge in [0.05, 0.1) is 36.2 Å². The number of likely N-dealkylation sites (tertiary alicyclic amines) is 1. The van der Waals surface area contributed by atoms with Gasteiger partial charge in [0.25, 0.3) is 5.91 Å². The number of carbonyl (C=O) groups is 4. The van der Waals surface area contributed by atoms with E-state index < -0.39 is 85.6 Å². The Kier molecular flexibility index (Phi) is 15.6. The lowest BCUT2D eigenvalue weighted by molar-refractivity contribution is -0.311. The number of ether oxygens (including phenoxy) is 3. The number of amides is 4. The van der Waals surface area contributed by atoms with Crippen molar-refractivity contribution in [1.29, 1.82) is 5.26 Å². The molecule has 3 saturated heterocycles. The van der Waals surface area contributed by atoms with Crippen LogP contribution in [0.3, 0.4) is 0 Å². The number of rotatable bonds is 14. The summed E-state index contributed by atoms with van der Waals surface area (Å²) in [5.41, 5.74) is 1.64. The first-order valence-corrected chi connectivity index (χ1v) is 21.2. The molecule has 0 aliphatic carbocycles. The van der Waals surface area contributed by atoms with Gasteiger partial charge in [-0.3, -0.25) is 19.0 Å². The monoisotopic (exact) mass is 892 g/mol. The number of carbonyl (C=O) groups excluding carboxylic acids is 4. The molecule has 1 aromatic carbocycles. The molecule has 3 aromatic rings. The summed E-state index contributed by atoms with van der Waals surface area (Å²) in [6, 6.07) is 7.34. The Balaban J connectivity index is 1.08. The van der Waals surface area contributed by atoms with Crippen LogP contribution < -0.4 is 15.5 Å². The number of hydrogen-bond acceptors (Lipinski definition) is 17. The molecule has 64 heavy (non-hydrogen) atoms. The van der Waals surface area contributed by atoms with E-state index in [1.165, 1.54) is 29.8 Å². The van der Waals surface area contributed by atoms with Crippen molar-refractivity contribution in [2.75, 3.05) is 50.6 Å². The van der Waals surface area contributed by atoms with Crippen molar-refractivity contribution in [3.8, 4) is 6.07 Å². The minimum Gasteiger partial charge on any atom is -0.394 e. The first-order chi connectivity index (χ1) is 30.6. The van der Waals surface area contributed by atoms with E-state index in [-0.39, 0.29) is 30.8 Å². The minimum atomic E-state index is -1.90. The number of nitrogens with zero attached hydrogens (tertiary/aromatic N) is 8. The van der Waals surface area contributed by atoms with Gasteiger partial charge in [-0.15, -0.1) is 0 Å². The summed E-state index contributed by atoms with van der Waals surface area (Å²) in [7, 11) is 3.35. The molecule has 22 heteroatoms. The van der Waals surface area contributed by atoms with Crippen molar-refractivity contribution in [3.05, 3.63) is 53.3 Å². The minimum absolute atomic E-state index is 0.0804. The number of nitriles is 1. The molecule has 3 aliphatic heterocycles. The molecular weight excluding hydrogens is 837 g/mol. The van der Waals surface area contributed by atoms with Crippen LogP contribution >= 0.6 is 0 Å². The third-order valence-electron chi connectivity index (χ3n) is 12.3. The fourth-order valence-electron chi connectivity index (χ4n) is 8.60. The van der Waals surface area contributed by atoms with Gasteiger partial charge in [0.1, 0.15) is 49.1 Å². The van der Waals surface area contributed by atoms with Gasteiger partial charge in [0.2, 0.25) is 11.8 Å². The predicted molar refractivity (Wildman–Crippen MR) is 227 cm³/mol. The zero-order chi connectivity index (χ0) is 46.4. The molecule has 22 nitrogen and oxygen atoms in total. The third kappa shape index (κ3) is 10.2. The Morgan fingerprint density at radius 1 is 1.05 bits per heavy atom. The number of piperidine rings is 1. The Bertz CT molecular complexity index is 2190. The quantitative estimate of drug-likeness (QED) is 0.117. The Hall–Kier alpha value is -5.67. The number of nitrogens with one attached hydrogen (secondary N) is 2. The van der Waals surface area contributed by atoms with Crippen LogP contribution in [0.2, 0.25) is 0 Å². The summed E-state index contributed by atoms with van der Waals surface area (Å²) in [5, 5.41) is 60.8. The molecule has 3 fully saturated rings. The Labute approximate surface area is 369 Å². The first-order valence-electron chi connectivity index (χ1n) is 21.2. The maximum Gasteiger partial charge on any atom is 0.331 e. The fourth-order valence-corrected chi connectivity index (χ4v) is 8.60. The first kappa shape index (κ1) is 47.8. The predicted octanol–water partition coefficient (Wildman–Crippen LogP) is 0.101. The van der Waals surface area contributed by atoms with Crippen LogP contribution in [0.4, 0.5) is 16.3 Å². The van der Waals surface area contributed by atoms with Gasteiger partial charge in [-0.25, -0.2) is 14.8 Å². The molecule has 2 aromatic heterocycles. The van der Waals surface area contributed by atoms with Gasteiger partial charge in [-0.2, -0.15) is 10.2 Å². The van der Waals surface area contributed by atoms with E-state index >= 15 is 0 Å². The zero-order valence-corrected chi connectivity index (χ0v) is 36.3. The molecule has 6 N–H and O–H groups in total. The lowest BCUT2D eigenvalue weighted by Crippen LogP contribution is -2.68. The summed E-state index contributed by atoms with van der Waals surface area (Å²) < 4.78 is 18.9. The molecule has 4 amide bonds. The number of aliphatic hydroxyl groups is 4. The second kappa shape index (κ2) is 20.9. The van der Waals surface area contributed by atoms with Crippen molar-refractivity contribution in [2.45, 2.75) is 114 Å². The highest BCUT2D eigenvalue weighted by Crippen LogP contribution is 2.33. The van der Waals surface area contributed by atoms with E-state index in [2.05, 4.69) is 32.7 Å². The molecule has 0 spiro atoms. The SMILES string of the molecule is CCC1OC(CO)C(O)C(OC2OC(C(=O)N(C)CCc3ccc(NC(=O)n4ccc5c(N(C)[C@H]6CN(C(=O)CC#N)CC[C@H]6C)ncnc54)cc3)C(N=O)C(O)C2O)C1NC(C)=O. The van der Waals surface area contributed by atoms with Crippen LogP contribution in [0.25, 0.3) is 11.0 Å². The number of aromatic nitrogens is 3. The van der Waals surface area contributed by atoms with Crippen molar-refractivity contribution < 1.29 is 53.8 Å². The second-order valence-corrected chi connectivity index (χ2v) is 16.5. The van der Waals surface area contributed by atoms with Crippen LogP contribution in [0, 0.1) is 22.2 Å². The largest absolute Gasteiger partial charge is 0.394 e. The van der Waals surface area contributed by atoms with E-state index in [0.29, 0.717) is 48.5 Å². The standard InChI is InChI=1S/C42H56N10O12/c1-6-28-31(46-23(3)54)36(33(56)29(20-53)62-28)63-41-35(58)34(57)32(48-61)37(64-41)40(59)49(4)16-13-24-7-9-25(10-8-24)47-42(60)52-18-14-26-38(44-21-45-39(26)52)50(5)27-19-51(17-12-22(27)2)30(55)11-15-43/h7-10,14,18,21-22,27-29,31-37,41,53,56-58H,6,11-13,16-17,19-20H2,1-5H3,(H,46,54)(H,47,60)/t22-,27+,28?,29?,31?,32?,33?,34?,35?,36?,37?,41?/m1/s1. The van der Waals surface area contributed by atoms with E-state index in [1.54, 1.807) is 48.4 Å². The van der Waals surface area contributed by atoms with Crippen molar-refractivity contribution >= 4 is 46.3 Å². The van der Waals surface area contributed by atoms with Gasteiger partial charge in [-0.05, 0) is 48.9 Å². The normalized spacial score (nSPS) is 29.3. The average molecular weight is 893 g/mol. The summed E-state index contributed by atoms with van der Waals surface area (Å²) in [6.07, 6.45) is -7.74. The molecule has 6 rings (SSSR count). The van der Waals surface area contributed by atoms with Crippen molar-refractivity contribution in [2.24, 2.45) is 11.1 Å². The maximum absolute atomic E-state index is 13.8. The highest BCUT2D eigenvalue weighted by atomic mass is 16.7. The van der Waals surface area contributed by atoms with E-state index in [0.717, 1.165) is 12.0 Å². The van der Waals surface area contributed by atoms with Crippen LogP contribution in [0.1, 0.15) is 45.6 Å². The van der Waals surface area contributed by atoms with E-state index in [1.807, 2.05) is 18.0 Å². The van der Waals surface area contributed by atoms with E-state index in [4.69, 9.17) is 19.5 Å². The lowest BCUT2D eigenvalue weighted by atomic mass is 9.90. The Morgan fingerprint density at radius 3 is 2.44 bits per heavy atom. The van der Waals surface area contributed by atoms with Gasteiger partial charge in [0.15, 0.2) is 24.1 Å². The molecule has 5 heterocycles. The van der Waals surface area contributed by atoms with Crippen molar-refractivity contribution in [3.63, 3.8) is 0 Å².